The third-order valence-corrected chi connectivity index (χ3v) is 3.75. The standard InChI is InChI=1S/C22H27N3O4/c1-15-8-7-9-16(14-15)20(27)25-18-11-6-5-10-17(18)24-19(26)12-13-23-21(28)29-22(2,3)4/h5-11,14H,12-13H2,1-4H3,(H,23,28)(H,24,26)(H,25,27). The number of benzene rings is 2. The molecule has 29 heavy (non-hydrogen) atoms. The lowest BCUT2D eigenvalue weighted by atomic mass is 10.1. The van der Waals surface area contributed by atoms with Crippen LogP contribution in [0.1, 0.15) is 43.1 Å². The Kier molecular flexibility index (Phi) is 7.36. The number of aryl methyl sites for hydroxylation is 1. The molecule has 0 aromatic heterocycles. The highest BCUT2D eigenvalue weighted by Crippen LogP contribution is 2.22. The Morgan fingerprint density at radius 2 is 1.59 bits per heavy atom. The Labute approximate surface area is 170 Å². The van der Waals surface area contributed by atoms with Gasteiger partial charge in [-0.2, -0.15) is 0 Å². The monoisotopic (exact) mass is 397 g/mol. The van der Waals surface area contributed by atoms with Gasteiger partial charge in [-0.3, -0.25) is 9.59 Å². The minimum absolute atomic E-state index is 0.0689. The first-order chi connectivity index (χ1) is 13.6. The highest BCUT2D eigenvalue weighted by molar-refractivity contribution is 6.07. The number of rotatable bonds is 6. The Hall–Kier alpha value is -3.35. The van der Waals surface area contributed by atoms with Crippen molar-refractivity contribution < 1.29 is 19.1 Å². The lowest BCUT2D eigenvalue weighted by molar-refractivity contribution is -0.116. The van der Waals surface area contributed by atoms with E-state index in [1.54, 1.807) is 57.2 Å². The summed E-state index contributed by atoms with van der Waals surface area (Å²) in [5.41, 5.74) is 1.90. The zero-order chi connectivity index (χ0) is 21.4. The van der Waals surface area contributed by atoms with Gasteiger partial charge in [-0.05, 0) is 52.0 Å². The van der Waals surface area contributed by atoms with Crippen LogP contribution in [0.3, 0.4) is 0 Å². The van der Waals surface area contributed by atoms with Gasteiger partial charge in [0.25, 0.3) is 5.91 Å². The molecule has 0 aliphatic heterocycles. The van der Waals surface area contributed by atoms with E-state index >= 15 is 0 Å². The molecule has 0 spiro atoms. The second kappa shape index (κ2) is 9.73. The van der Waals surface area contributed by atoms with Crippen LogP contribution in [-0.2, 0) is 9.53 Å². The molecule has 3 N–H and O–H groups in total. The van der Waals surface area contributed by atoms with Gasteiger partial charge in [0.1, 0.15) is 5.60 Å². The van der Waals surface area contributed by atoms with Crippen molar-refractivity contribution in [3.8, 4) is 0 Å². The minimum atomic E-state index is -0.596. The fourth-order valence-electron chi connectivity index (χ4n) is 2.49. The van der Waals surface area contributed by atoms with Crippen LogP contribution in [0, 0.1) is 6.92 Å². The summed E-state index contributed by atoms with van der Waals surface area (Å²) >= 11 is 0. The quantitative estimate of drug-likeness (QED) is 0.684. The maximum Gasteiger partial charge on any atom is 0.407 e. The smallest absolute Gasteiger partial charge is 0.407 e. The second-order valence-corrected chi connectivity index (χ2v) is 7.60. The van der Waals surface area contributed by atoms with Gasteiger partial charge in [-0.15, -0.1) is 0 Å². The Bertz CT molecular complexity index is 888. The molecular formula is C22H27N3O4. The molecule has 0 fully saturated rings. The van der Waals surface area contributed by atoms with Crippen LogP contribution in [0.25, 0.3) is 0 Å². The van der Waals surface area contributed by atoms with E-state index in [1.807, 2.05) is 19.1 Å². The summed E-state index contributed by atoms with van der Waals surface area (Å²) in [6.07, 6.45) is -0.504. The summed E-state index contributed by atoms with van der Waals surface area (Å²) < 4.78 is 5.12. The number of anilines is 2. The van der Waals surface area contributed by atoms with E-state index in [0.29, 0.717) is 16.9 Å². The second-order valence-electron chi connectivity index (χ2n) is 7.60. The van der Waals surface area contributed by atoms with E-state index in [4.69, 9.17) is 4.74 Å². The molecule has 0 saturated carbocycles. The number of amides is 3. The summed E-state index contributed by atoms with van der Waals surface area (Å²) in [5, 5.41) is 8.11. The van der Waals surface area contributed by atoms with Crippen LogP contribution in [0.5, 0.6) is 0 Å². The van der Waals surface area contributed by atoms with Crippen molar-refractivity contribution in [2.75, 3.05) is 17.2 Å². The molecule has 7 heteroatoms. The van der Waals surface area contributed by atoms with Crippen LogP contribution in [-0.4, -0.2) is 30.1 Å². The average Bonchev–Trinajstić information content (AvgIpc) is 2.61. The number of ether oxygens (including phenoxy) is 1. The summed E-state index contributed by atoms with van der Waals surface area (Å²) in [7, 11) is 0. The van der Waals surface area contributed by atoms with E-state index in [9.17, 15) is 14.4 Å². The average molecular weight is 397 g/mol. The third kappa shape index (κ3) is 7.65. The minimum Gasteiger partial charge on any atom is -0.444 e. The normalized spacial score (nSPS) is 10.8. The highest BCUT2D eigenvalue weighted by atomic mass is 16.6. The first-order valence-electron chi connectivity index (χ1n) is 9.38. The molecule has 3 amide bonds. The molecule has 0 aliphatic rings. The van der Waals surface area contributed by atoms with Crippen molar-refractivity contribution in [1.82, 2.24) is 5.32 Å². The number of hydrogen-bond acceptors (Lipinski definition) is 4. The molecule has 0 bridgehead atoms. The number of nitrogens with one attached hydrogen (secondary N) is 3. The lowest BCUT2D eigenvalue weighted by Gasteiger charge is -2.19. The van der Waals surface area contributed by atoms with Gasteiger partial charge in [-0.25, -0.2) is 4.79 Å². The molecule has 0 atom stereocenters. The molecule has 0 unspecified atom stereocenters. The Morgan fingerprint density at radius 1 is 0.931 bits per heavy atom. The predicted octanol–water partition coefficient (Wildman–Crippen LogP) is 4.10. The van der Waals surface area contributed by atoms with Gasteiger partial charge in [0.05, 0.1) is 11.4 Å². The number of carbonyl (C=O) groups excluding carboxylic acids is 3. The Morgan fingerprint density at radius 3 is 2.21 bits per heavy atom. The predicted molar refractivity (Wildman–Crippen MR) is 113 cm³/mol. The topological polar surface area (TPSA) is 96.5 Å². The van der Waals surface area contributed by atoms with Crippen LogP contribution in [0.4, 0.5) is 16.2 Å². The van der Waals surface area contributed by atoms with Crippen molar-refractivity contribution >= 4 is 29.3 Å². The first-order valence-corrected chi connectivity index (χ1v) is 9.38. The molecule has 2 aromatic rings. The summed E-state index contributed by atoms with van der Waals surface area (Å²) in [6, 6.07) is 14.2. The van der Waals surface area contributed by atoms with Gasteiger partial charge in [0.2, 0.25) is 5.91 Å². The van der Waals surface area contributed by atoms with Crippen LogP contribution >= 0.6 is 0 Å². The van der Waals surface area contributed by atoms with E-state index in [1.165, 1.54) is 0 Å². The first kappa shape index (κ1) is 21.9. The highest BCUT2D eigenvalue weighted by Gasteiger charge is 2.16. The van der Waals surface area contributed by atoms with E-state index in [2.05, 4.69) is 16.0 Å². The number of para-hydroxylation sites is 2. The molecule has 7 nitrogen and oxygen atoms in total. The van der Waals surface area contributed by atoms with Gasteiger partial charge in [0, 0.05) is 18.5 Å². The van der Waals surface area contributed by atoms with Crippen LogP contribution in [0.15, 0.2) is 48.5 Å². The van der Waals surface area contributed by atoms with Crippen LogP contribution in [0.2, 0.25) is 0 Å². The summed E-state index contributed by atoms with van der Waals surface area (Å²) in [4.78, 5) is 36.3. The zero-order valence-electron chi connectivity index (χ0n) is 17.2. The Balaban J connectivity index is 1.92. The molecule has 0 heterocycles. The van der Waals surface area contributed by atoms with Crippen molar-refractivity contribution in [1.29, 1.82) is 0 Å². The fourth-order valence-corrected chi connectivity index (χ4v) is 2.49. The van der Waals surface area contributed by atoms with Gasteiger partial charge in [0.15, 0.2) is 0 Å². The number of alkyl carbamates (subject to hydrolysis) is 1. The SMILES string of the molecule is Cc1cccc(C(=O)Nc2ccccc2NC(=O)CCNC(=O)OC(C)(C)C)c1. The molecule has 2 rings (SSSR count). The summed E-state index contributed by atoms with van der Waals surface area (Å²) in [6.45, 7) is 7.35. The van der Waals surface area contributed by atoms with E-state index in [-0.39, 0.29) is 24.8 Å². The maximum absolute atomic E-state index is 12.5. The summed E-state index contributed by atoms with van der Waals surface area (Å²) in [5.74, 6) is -0.555. The molecule has 2 aromatic carbocycles. The zero-order valence-corrected chi connectivity index (χ0v) is 17.2. The van der Waals surface area contributed by atoms with Crippen molar-refractivity contribution in [3.05, 3.63) is 59.7 Å². The molecule has 0 radical (unpaired) electrons. The molecule has 0 aliphatic carbocycles. The molecule has 154 valence electrons. The van der Waals surface area contributed by atoms with E-state index in [0.717, 1.165) is 5.56 Å². The van der Waals surface area contributed by atoms with Gasteiger partial charge in [-0.1, -0.05) is 29.8 Å². The fraction of sp³-hybridized carbons (Fsp3) is 0.318. The van der Waals surface area contributed by atoms with Gasteiger partial charge < -0.3 is 20.7 Å². The third-order valence-electron chi connectivity index (χ3n) is 3.75. The van der Waals surface area contributed by atoms with Crippen LogP contribution < -0.4 is 16.0 Å². The lowest BCUT2D eigenvalue weighted by Crippen LogP contribution is -2.34. The maximum atomic E-state index is 12.5. The van der Waals surface area contributed by atoms with Crippen molar-refractivity contribution in [2.45, 2.75) is 39.7 Å². The van der Waals surface area contributed by atoms with E-state index < -0.39 is 11.7 Å². The van der Waals surface area contributed by atoms with Crippen molar-refractivity contribution in [3.63, 3.8) is 0 Å². The van der Waals surface area contributed by atoms with Gasteiger partial charge >= 0.3 is 6.09 Å². The number of hydrogen-bond donors (Lipinski definition) is 3. The van der Waals surface area contributed by atoms with Crippen molar-refractivity contribution in [2.24, 2.45) is 0 Å². The molecule has 0 saturated heterocycles. The number of carbonyl (C=O) groups is 3. The molecular weight excluding hydrogens is 370 g/mol. The largest absolute Gasteiger partial charge is 0.444 e.